The van der Waals surface area contributed by atoms with Crippen LogP contribution in [0, 0.1) is 13.8 Å². The lowest BCUT2D eigenvalue weighted by Gasteiger charge is -2.11. The van der Waals surface area contributed by atoms with Crippen LogP contribution in [0.5, 0.6) is 5.75 Å². The third-order valence-corrected chi connectivity index (χ3v) is 5.54. The number of carbonyl (C=O) groups is 1. The first-order valence-electron chi connectivity index (χ1n) is 10.4. The van der Waals surface area contributed by atoms with Gasteiger partial charge in [0, 0.05) is 17.1 Å². The molecule has 6 nitrogen and oxygen atoms in total. The van der Waals surface area contributed by atoms with Gasteiger partial charge >= 0.3 is 0 Å². The number of rotatable bonds is 6. The van der Waals surface area contributed by atoms with Gasteiger partial charge in [-0.1, -0.05) is 41.4 Å². The van der Waals surface area contributed by atoms with Crippen molar-refractivity contribution in [2.75, 3.05) is 11.9 Å². The summed E-state index contributed by atoms with van der Waals surface area (Å²) in [5.74, 6) is 0.834. The molecule has 0 atom stereocenters. The second-order valence-corrected chi connectivity index (χ2v) is 9.08. The predicted molar refractivity (Wildman–Crippen MR) is 139 cm³/mol. The molecular weight excluding hydrogens is 493 g/mol. The molecule has 0 fully saturated rings. The Bertz CT molecular complexity index is 1350. The predicted octanol–water partition coefficient (Wildman–Crippen LogP) is 6.23. The molecule has 0 unspecified atom stereocenters. The number of amides is 1. The zero-order valence-corrected chi connectivity index (χ0v) is 20.8. The number of anilines is 1. The van der Waals surface area contributed by atoms with Gasteiger partial charge in [0.2, 0.25) is 0 Å². The standard InChI is InChI=1S/C25H21Cl2N3O3S/c1-14-7-15(2)9-19(8-14)32-13-22(31)30-25(34)28-18-5-3-16(4-6-18)10-23-29-21-12-17(26)11-20(27)24(21)33-23/h3-9,11-12H,10,13H2,1-2H3,(H2,28,30,31,34). The Labute approximate surface area is 212 Å². The fraction of sp³-hybridized carbons (Fsp3) is 0.160. The van der Waals surface area contributed by atoms with Gasteiger partial charge in [-0.3, -0.25) is 10.1 Å². The third-order valence-electron chi connectivity index (χ3n) is 4.84. The largest absolute Gasteiger partial charge is 0.484 e. The summed E-state index contributed by atoms with van der Waals surface area (Å²) in [5, 5.41) is 6.72. The van der Waals surface area contributed by atoms with E-state index < -0.39 is 0 Å². The number of thiocarbonyl (C=S) groups is 1. The molecule has 0 radical (unpaired) electrons. The van der Waals surface area contributed by atoms with Crippen LogP contribution in [-0.4, -0.2) is 22.6 Å². The minimum atomic E-state index is -0.344. The number of fused-ring (bicyclic) bond motifs is 1. The van der Waals surface area contributed by atoms with Crippen molar-refractivity contribution < 1.29 is 13.9 Å². The van der Waals surface area contributed by atoms with E-state index in [9.17, 15) is 4.79 Å². The molecule has 2 N–H and O–H groups in total. The highest BCUT2D eigenvalue weighted by Crippen LogP contribution is 2.29. The summed E-state index contributed by atoms with van der Waals surface area (Å²) >= 11 is 17.4. The summed E-state index contributed by atoms with van der Waals surface area (Å²) in [6, 6.07) is 16.7. The lowest BCUT2D eigenvalue weighted by Crippen LogP contribution is -2.37. The van der Waals surface area contributed by atoms with Crippen LogP contribution in [0.25, 0.3) is 11.1 Å². The highest BCUT2D eigenvalue weighted by Gasteiger charge is 2.12. The fourth-order valence-electron chi connectivity index (χ4n) is 3.45. The summed E-state index contributed by atoms with van der Waals surface area (Å²) in [6.07, 6.45) is 0.486. The second kappa shape index (κ2) is 10.4. The molecule has 4 rings (SSSR count). The number of carbonyl (C=O) groups excluding carboxylic acids is 1. The van der Waals surface area contributed by atoms with Gasteiger partial charge in [-0.15, -0.1) is 0 Å². The minimum Gasteiger partial charge on any atom is -0.484 e. The smallest absolute Gasteiger partial charge is 0.264 e. The van der Waals surface area contributed by atoms with Gasteiger partial charge in [0.05, 0.1) is 5.02 Å². The van der Waals surface area contributed by atoms with Crippen LogP contribution >= 0.6 is 35.4 Å². The third kappa shape index (κ3) is 6.26. The van der Waals surface area contributed by atoms with Gasteiger partial charge in [0.25, 0.3) is 5.91 Å². The highest BCUT2D eigenvalue weighted by molar-refractivity contribution is 7.80. The molecule has 0 saturated heterocycles. The molecule has 1 heterocycles. The van der Waals surface area contributed by atoms with Crippen LogP contribution in [0.4, 0.5) is 5.69 Å². The Kier molecular flexibility index (Phi) is 7.36. The molecule has 0 aliphatic carbocycles. The molecule has 174 valence electrons. The first-order chi connectivity index (χ1) is 16.2. The van der Waals surface area contributed by atoms with Crippen LogP contribution in [0.2, 0.25) is 10.0 Å². The van der Waals surface area contributed by atoms with E-state index >= 15 is 0 Å². The number of aromatic nitrogens is 1. The van der Waals surface area contributed by atoms with Crippen LogP contribution in [0.1, 0.15) is 22.6 Å². The number of benzene rings is 3. The van der Waals surface area contributed by atoms with Crippen molar-refractivity contribution in [3.05, 3.63) is 87.2 Å². The summed E-state index contributed by atoms with van der Waals surface area (Å²) in [6.45, 7) is 3.82. The number of hydrogen-bond acceptors (Lipinski definition) is 5. The molecule has 0 aliphatic heterocycles. The van der Waals surface area contributed by atoms with Crippen molar-refractivity contribution >= 4 is 63.2 Å². The van der Waals surface area contributed by atoms with E-state index in [0.29, 0.717) is 39.2 Å². The average Bonchev–Trinajstić information content (AvgIpc) is 3.15. The Morgan fingerprint density at radius 1 is 1.06 bits per heavy atom. The first kappa shape index (κ1) is 24.0. The van der Waals surface area contributed by atoms with Crippen LogP contribution in [-0.2, 0) is 11.2 Å². The number of ether oxygens (including phenoxy) is 1. The molecule has 3 aromatic carbocycles. The molecule has 0 bridgehead atoms. The van der Waals surface area contributed by atoms with Crippen molar-refractivity contribution in [3.8, 4) is 5.75 Å². The monoisotopic (exact) mass is 513 g/mol. The highest BCUT2D eigenvalue weighted by atomic mass is 35.5. The number of nitrogens with zero attached hydrogens (tertiary/aromatic N) is 1. The maximum absolute atomic E-state index is 12.2. The summed E-state index contributed by atoms with van der Waals surface area (Å²) in [4.78, 5) is 16.6. The van der Waals surface area contributed by atoms with E-state index in [1.165, 1.54) is 0 Å². The molecule has 0 saturated carbocycles. The maximum atomic E-state index is 12.2. The maximum Gasteiger partial charge on any atom is 0.264 e. The number of nitrogens with one attached hydrogen (secondary N) is 2. The normalized spacial score (nSPS) is 10.8. The van der Waals surface area contributed by atoms with Crippen molar-refractivity contribution in [3.63, 3.8) is 0 Å². The van der Waals surface area contributed by atoms with Crippen LogP contribution in [0.3, 0.4) is 0 Å². The van der Waals surface area contributed by atoms with Crippen molar-refractivity contribution in [2.45, 2.75) is 20.3 Å². The van der Waals surface area contributed by atoms with E-state index in [1.807, 2.05) is 56.3 Å². The van der Waals surface area contributed by atoms with E-state index in [2.05, 4.69) is 15.6 Å². The number of hydrogen-bond donors (Lipinski definition) is 2. The zero-order valence-electron chi connectivity index (χ0n) is 18.4. The second-order valence-electron chi connectivity index (χ2n) is 7.83. The van der Waals surface area contributed by atoms with E-state index in [4.69, 9.17) is 44.6 Å². The Morgan fingerprint density at radius 3 is 2.47 bits per heavy atom. The van der Waals surface area contributed by atoms with Crippen LogP contribution in [0.15, 0.2) is 59.0 Å². The van der Waals surface area contributed by atoms with Crippen molar-refractivity contribution in [1.82, 2.24) is 10.3 Å². The zero-order chi connectivity index (χ0) is 24.2. The van der Waals surface area contributed by atoms with E-state index in [1.54, 1.807) is 12.1 Å². The lowest BCUT2D eigenvalue weighted by atomic mass is 10.1. The summed E-state index contributed by atoms with van der Waals surface area (Å²) in [5.41, 5.74) is 4.99. The van der Waals surface area contributed by atoms with Gasteiger partial charge < -0.3 is 14.5 Å². The first-order valence-corrected chi connectivity index (χ1v) is 11.6. The molecular formula is C25H21Cl2N3O3S. The van der Waals surface area contributed by atoms with E-state index in [-0.39, 0.29) is 17.6 Å². The van der Waals surface area contributed by atoms with Crippen molar-refractivity contribution in [1.29, 1.82) is 0 Å². The lowest BCUT2D eigenvalue weighted by molar-refractivity contribution is -0.121. The number of aryl methyl sites for hydroxylation is 2. The molecule has 1 amide bonds. The summed E-state index contributed by atoms with van der Waals surface area (Å²) < 4.78 is 11.3. The molecule has 34 heavy (non-hydrogen) atoms. The average molecular weight is 514 g/mol. The van der Waals surface area contributed by atoms with Gasteiger partial charge in [-0.2, -0.15) is 0 Å². The molecule has 1 aromatic heterocycles. The van der Waals surface area contributed by atoms with Gasteiger partial charge in [0.1, 0.15) is 11.3 Å². The summed E-state index contributed by atoms with van der Waals surface area (Å²) in [7, 11) is 0. The molecule has 0 aliphatic rings. The van der Waals surface area contributed by atoms with Crippen molar-refractivity contribution in [2.24, 2.45) is 0 Å². The quantitative estimate of drug-likeness (QED) is 0.297. The van der Waals surface area contributed by atoms with Gasteiger partial charge in [-0.25, -0.2) is 4.98 Å². The minimum absolute atomic E-state index is 0.136. The number of oxazole rings is 1. The SMILES string of the molecule is Cc1cc(C)cc(OCC(=O)NC(=S)Nc2ccc(Cc3nc4cc(Cl)cc(Cl)c4o3)cc2)c1. The van der Waals surface area contributed by atoms with Gasteiger partial charge in [-0.05, 0) is 79.2 Å². The van der Waals surface area contributed by atoms with Gasteiger partial charge in [0.15, 0.2) is 23.2 Å². The number of halogens is 2. The van der Waals surface area contributed by atoms with Crippen LogP contribution < -0.4 is 15.4 Å². The fourth-order valence-corrected chi connectivity index (χ4v) is 4.21. The topological polar surface area (TPSA) is 76.4 Å². The molecule has 4 aromatic rings. The molecule has 0 spiro atoms. The molecule has 9 heteroatoms. The Morgan fingerprint density at radius 2 is 1.76 bits per heavy atom. The Balaban J connectivity index is 1.29. The van der Waals surface area contributed by atoms with E-state index in [0.717, 1.165) is 22.4 Å². The Hall–Kier alpha value is -3.13.